The lowest BCUT2D eigenvalue weighted by Crippen LogP contribution is -2.21. The molecule has 0 aromatic carbocycles. The third-order valence-corrected chi connectivity index (χ3v) is 3.90. The second-order valence-corrected chi connectivity index (χ2v) is 5.64. The second-order valence-electron chi connectivity index (χ2n) is 5.64. The van der Waals surface area contributed by atoms with Crippen LogP contribution in [0.5, 0.6) is 0 Å². The number of ether oxygens (including phenoxy) is 1. The number of nitrogens with zero attached hydrogens (tertiary/aromatic N) is 2. The zero-order chi connectivity index (χ0) is 14.4. The summed E-state index contributed by atoms with van der Waals surface area (Å²) in [5.74, 6) is 9.08. The van der Waals surface area contributed by atoms with Gasteiger partial charge in [-0.1, -0.05) is 19.8 Å². The Bertz CT molecular complexity index is 418. The van der Waals surface area contributed by atoms with Crippen LogP contribution in [0.25, 0.3) is 0 Å². The molecule has 6 heteroatoms. The predicted octanol–water partition coefficient (Wildman–Crippen LogP) is 2.15. The Labute approximate surface area is 120 Å². The summed E-state index contributed by atoms with van der Waals surface area (Å²) >= 11 is 0. The largest absolute Gasteiger partial charge is 0.377 e. The molecule has 1 aromatic rings. The molecular weight excluding hydrogens is 254 g/mol. The summed E-state index contributed by atoms with van der Waals surface area (Å²) in [6.07, 6.45) is 5.26. The van der Waals surface area contributed by atoms with Crippen molar-refractivity contribution in [3.63, 3.8) is 0 Å². The Morgan fingerprint density at radius 3 is 2.60 bits per heavy atom. The van der Waals surface area contributed by atoms with E-state index < -0.39 is 0 Å². The fraction of sp³-hybridized carbons (Fsp3) is 0.714. The first-order chi connectivity index (χ1) is 9.71. The zero-order valence-corrected chi connectivity index (χ0v) is 12.4. The highest BCUT2D eigenvalue weighted by Crippen LogP contribution is 2.28. The number of aromatic nitrogens is 2. The summed E-state index contributed by atoms with van der Waals surface area (Å²) in [5.41, 5.74) is 2.56. The third kappa shape index (κ3) is 4.31. The number of hydrogen-bond acceptors (Lipinski definition) is 6. The van der Waals surface area contributed by atoms with Crippen molar-refractivity contribution in [2.45, 2.75) is 39.2 Å². The van der Waals surface area contributed by atoms with E-state index in [4.69, 9.17) is 10.6 Å². The van der Waals surface area contributed by atoms with E-state index >= 15 is 0 Å². The molecule has 0 radical (unpaired) electrons. The number of rotatable bonds is 6. The van der Waals surface area contributed by atoms with Gasteiger partial charge in [-0.15, -0.1) is 0 Å². The van der Waals surface area contributed by atoms with Gasteiger partial charge in [0, 0.05) is 19.7 Å². The number of hydrazine groups is 1. The molecule has 6 nitrogen and oxygen atoms in total. The summed E-state index contributed by atoms with van der Waals surface area (Å²) in [6.45, 7) is 3.68. The van der Waals surface area contributed by atoms with Crippen LogP contribution in [-0.4, -0.2) is 23.6 Å². The van der Waals surface area contributed by atoms with Crippen LogP contribution in [0, 0.1) is 11.8 Å². The van der Waals surface area contributed by atoms with Gasteiger partial charge < -0.3 is 15.5 Å². The highest BCUT2D eigenvalue weighted by Gasteiger charge is 2.18. The molecule has 1 saturated carbocycles. The van der Waals surface area contributed by atoms with Crippen molar-refractivity contribution in [2.75, 3.05) is 24.4 Å². The number of nitrogen functional groups attached to an aromatic ring is 1. The number of anilines is 2. The van der Waals surface area contributed by atoms with Crippen molar-refractivity contribution in [2.24, 2.45) is 17.7 Å². The molecule has 1 heterocycles. The first kappa shape index (κ1) is 15.0. The van der Waals surface area contributed by atoms with Crippen molar-refractivity contribution < 1.29 is 4.74 Å². The van der Waals surface area contributed by atoms with E-state index in [-0.39, 0.29) is 0 Å². The maximum absolute atomic E-state index is 5.43. The lowest BCUT2D eigenvalue weighted by atomic mass is 9.83. The van der Waals surface area contributed by atoms with Crippen LogP contribution in [0.2, 0.25) is 0 Å². The molecule has 0 saturated heterocycles. The van der Waals surface area contributed by atoms with E-state index in [0.29, 0.717) is 18.2 Å². The maximum atomic E-state index is 5.43. The van der Waals surface area contributed by atoms with E-state index in [1.54, 1.807) is 7.11 Å². The third-order valence-electron chi connectivity index (χ3n) is 3.90. The fourth-order valence-corrected chi connectivity index (χ4v) is 2.64. The molecule has 1 aromatic heterocycles. The van der Waals surface area contributed by atoms with Gasteiger partial charge in [-0.3, -0.25) is 0 Å². The van der Waals surface area contributed by atoms with Crippen molar-refractivity contribution in [1.29, 1.82) is 0 Å². The number of hydrogen-bond donors (Lipinski definition) is 3. The van der Waals surface area contributed by atoms with Crippen molar-refractivity contribution in [3.8, 4) is 0 Å². The summed E-state index contributed by atoms with van der Waals surface area (Å²) < 4.78 is 5.07. The minimum Gasteiger partial charge on any atom is -0.377 e. The first-order valence-electron chi connectivity index (χ1n) is 7.28. The van der Waals surface area contributed by atoms with Crippen LogP contribution < -0.4 is 16.6 Å². The molecule has 0 atom stereocenters. The molecule has 0 spiro atoms. The van der Waals surface area contributed by atoms with Crippen LogP contribution in [-0.2, 0) is 11.3 Å². The lowest BCUT2D eigenvalue weighted by molar-refractivity contribution is 0.178. The van der Waals surface area contributed by atoms with Gasteiger partial charge in [0.05, 0.1) is 0 Å². The highest BCUT2D eigenvalue weighted by molar-refractivity contribution is 5.46. The topological polar surface area (TPSA) is 85.1 Å². The van der Waals surface area contributed by atoms with Crippen LogP contribution >= 0.6 is 0 Å². The van der Waals surface area contributed by atoms with Gasteiger partial charge in [-0.05, 0) is 24.7 Å². The minimum atomic E-state index is 0.380. The quantitative estimate of drug-likeness (QED) is 0.546. The van der Waals surface area contributed by atoms with Gasteiger partial charge in [-0.25, -0.2) is 15.8 Å². The van der Waals surface area contributed by atoms with E-state index in [1.807, 2.05) is 6.07 Å². The van der Waals surface area contributed by atoms with Gasteiger partial charge in [-0.2, -0.15) is 0 Å². The predicted molar refractivity (Wildman–Crippen MR) is 80.2 cm³/mol. The Kier molecular flexibility index (Phi) is 5.55. The molecule has 0 amide bonds. The molecule has 20 heavy (non-hydrogen) atoms. The van der Waals surface area contributed by atoms with Gasteiger partial charge in [0.25, 0.3) is 0 Å². The van der Waals surface area contributed by atoms with Gasteiger partial charge in [0.15, 0.2) is 5.82 Å². The van der Waals surface area contributed by atoms with Crippen LogP contribution in [0.4, 0.5) is 11.6 Å². The smallest absolute Gasteiger partial charge is 0.158 e. The lowest BCUT2D eigenvalue weighted by Gasteiger charge is -2.26. The van der Waals surface area contributed by atoms with Crippen LogP contribution in [0.1, 0.15) is 38.4 Å². The van der Waals surface area contributed by atoms with E-state index in [9.17, 15) is 0 Å². The molecule has 0 aliphatic heterocycles. The first-order valence-corrected chi connectivity index (χ1v) is 7.28. The van der Waals surface area contributed by atoms with Gasteiger partial charge >= 0.3 is 0 Å². The molecule has 1 fully saturated rings. The Balaban J connectivity index is 1.92. The van der Waals surface area contributed by atoms with Crippen LogP contribution in [0.15, 0.2) is 6.07 Å². The number of methoxy groups -OCH3 is 1. The van der Waals surface area contributed by atoms with Crippen LogP contribution in [0.3, 0.4) is 0 Å². The van der Waals surface area contributed by atoms with Crippen molar-refractivity contribution in [3.05, 3.63) is 11.9 Å². The Morgan fingerprint density at radius 2 is 1.95 bits per heavy atom. The van der Waals surface area contributed by atoms with E-state index in [0.717, 1.165) is 24.2 Å². The molecule has 4 N–H and O–H groups in total. The molecular formula is C14H25N5O. The summed E-state index contributed by atoms with van der Waals surface area (Å²) in [6, 6.07) is 1.82. The van der Waals surface area contributed by atoms with Gasteiger partial charge in [0.1, 0.15) is 18.2 Å². The van der Waals surface area contributed by atoms with Crippen molar-refractivity contribution >= 4 is 11.6 Å². The number of nitrogens with two attached hydrogens (primary N) is 1. The Hall–Kier alpha value is -1.40. The molecule has 1 aliphatic rings. The molecule has 2 rings (SSSR count). The number of nitrogens with one attached hydrogen (secondary N) is 2. The fourth-order valence-electron chi connectivity index (χ4n) is 2.64. The van der Waals surface area contributed by atoms with E-state index in [1.165, 1.54) is 25.7 Å². The molecule has 0 bridgehead atoms. The monoisotopic (exact) mass is 279 g/mol. The van der Waals surface area contributed by atoms with E-state index in [2.05, 4.69) is 27.6 Å². The highest BCUT2D eigenvalue weighted by atomic mass is 16.5. The summed E-state index contributed by atoms with van der Waals surface area (Å²) in [7, 11) is 1.63. The standard InChI is InChI=1S/C14H25N5O/c1-10-3-5-11(6-4-10)8-16-12-7-13(19-15)18-14(17-12)9-20-2/h7,10-11H,3-6,8-9,15H2,1-2H3,(H2,16,17,18,19). The molecule has 1 aliphatic carbocycles. The summed E-state index contributed by atoms with van der Waals surface area (Å²) in [4.78, 5) is 8.66. The molecule has 112 valence electrons. The second kappa shape index (κ2) is 7.40. The minimum absolute atomic E-state index is 0.380. The average Bonchev–Trinajstić information content (AvgIpc) is 2.47. The SMILES string of the molecule is COCc1nc(NN)cc(NCC2CCC(C)CC2)n1. The van der Waals surface area contributed by atoms with Gasteiger partial charge in [0.2, 0.25) is 0 Å². The normalized spacial score (nSPS) is 22.6. The molecule has 0 unspecified atom stereocenters. The van der Waals surface area contributed by atoms with Crippen molar-refractivity contribution in [1.82, 2.24) is 9.97 Å². The summed E-state index contributed by atoms with van der Waals surface area (Å²) in [5, 5.41) is 3.40. The Morgan fingerprint density at radius 1 is 1.25 bits per heavy atom. The maximum Gasteiger partial charge on any atom is 0.158 e. The zero-order valence-electron chi connectivity index (χ0n) is 12.4. The average molecular weight is 279 g/mol.